The van der Waals surface area contributed by atoms with Gasteiger partial charge in [-0.15, -0.1) is 24.2 Å². The van der Waals surface area contributed by atoms with Crippen LogP contribution in [0.15, 0.2) is 23.1 Å². The molecule has 0 aliphatic heterocycles. The molecule has 23 heavy (non-hydrogen) atoms. The second-order valence-electron chi connectivity index (χ2n) is 7.30. The van der Waals surface area contributed by atoms with Gasteiger partial charge < -0.3 is 11.1 Å². The molecule has 1 aliphatic rings. The number of nitrogens with two attached hydrogens (primary N) is 1. The average molecular weight is 357 g/mol. The summed E-state index contributed by atoms with van der Waals surface area (Å²) in [6.07, 6.45) is 3.82. The number of rotatable bonds is 4. The van der Waals surface area contributed by atoms with E-state index in [-0.39, 0.29) is 29.1 Å². The van der Waals surface area contributed by atoms with Gasteiger partial charge in [0.2, 0.25) is 5.91 Å². The molecule has 5 heteroatoms. The highest BCUT2D eigenvalue weighted by molar-refractivity contribution is 8.00. The van der Waals surface area contributed by atoms with Gasteiger partial charge in [0.05, 0.1) is 0 Å². The summed E-state index contributed by atoms with van der Waals surface area (Å²) in [5, 5.41) is 3.04. The Kier molecular flexibility index (Phi) is 7.43. The van der Waals surface area contributed by atoms with Gasteiger partial charge in [0, 0.05) is 27.8 Å². The predicted octanol–water partition coefficient (Wildman–Crippen LogP) is 4.76. The lowest BCUT2D eigenvalue weighted by Gasteiger charge is -2.19. The zero-order valence-corrected chi connectivity index (χ0v) is 16.2. The summed E-state index contributed by atoms with van der Waals surface area (Å²) in [6, 6.07) is 6.43. The van der Waals surface area contributed by atoms with Crippen molar-refractivity contribution in [2.75, 3.05) is 5.32 Å². The number of nitrogens with one attached hydrogen (secondary N) is 1. The normalized spacial score (nSPS) is 20.9. The lowest BCUT2D eigenvalue weighted by molar-refractivity contribution is -0.117. The van der Waals surface area contributed by atoms with Crippen LogP contribution in [0, 0.1) is 12.8 Å². The molecule has 1 aromatic carbocycles. The quantitative estimate of drug-likeness (QED) is 0.764. The minimum atomic E-state index is 0. The molecule has 130 valence electrons. The Morgan fingerprint density at radius 3 is 2.57 bits per heavy atom. The lowest BCUT2D eigenvalue weighted by Crippen LogP contribution is -2.28. The molecular weight excluding hydrogens is 328 g/mol. The molecule has 3 N–H and O–H groups in total. The highest BCUT2D eigenvalue weighted by Gasteiger charge is 2.26. The topological polar surface area (TPSA) is 55.1 Å². The van der Waals surface area contributed by atoms with Gasteiger partial charge in [-0.1, -0.05) is 27.2 Å². The van der Waals surface area contributed by atoms with E-state index >= 15 is 0 Å². The van der Waals surface area contributed by atoms with Crippen molar-refractivity contribution in [3.63, 3.8) is 0 Å². The van der Waals surface area contributed by atoms with Crippen LogP contribution in [0.3, 0.4) is 0 Å². The van der Waals surface area contributed by atoms with Crippen molar-refractivity contribution in [1.29, 1.82) is 0 Å². The van der Waals surface area contributed by atoms with Gasteiger partial charge in [-0.05, 0) is 49.4 Å². The number of hydrogen-bond donors (Lipinski definition) is 2. The van der Waals surface area contributed by atoms with Crippen molar-refractivity contribution < 1.29 is 4.79 Å². The molecule has 0 heterocycles. The number of benzene rings is 1. The summed E-state index contributed by atoms with van der Waals surface area (Å²) in [5.74, 6) is 0.428. The molecule has 0 spiro atoms. The first-order chi connectivity index (χ1) is 10.2. The Labute approximate surface area is 150 Å². The van der Waals surface area contributed by atoms with E-state index in [4.69, 9.17) is 5.73 Å². The molecule has 0 aromatic heterocycles. The van der Waals surface area contributed by atoms with Gasteiger partial charge in [0.15, 0.2) is 0 Å². The van der Waals surface area contributed by atoms with Crippen LogP contribution in [-0.4, -0.2) is 16.7 Å². The van der Waals surface area contributed by atoms with E-state index in [1.54, 1.807) is 0 Å². The SMILES string of the molecule is Cc1cc(SC(C)(C)C)ccc1NC(=O)C[C@@H]1CCC[C@H]1N.Cl. The maximum Gasteiger partial charge on any atom is 0.224 e. The van der Waals surface area contributed by atoms with E-state index in [0.717, 1.165) is 30.5 Å². The summed E-state index contributed by atoms with van der Waals surface area (Å²) < 4.78 is 0.190. The Bertz CT molecular complexity index is 542. The van der Waals surface area contributed by atoms with Crippen LogP contribution >= 0.6 is 24.2 Å². The van der Waals surface area contributed by atoms with Crippen LogP contribution < -0.4 is 11.1 Å². The molecule has 1 fully saturated rings. The van der Waals surface area contributed by atoms with Crippen LogP contribution in [0.5, 0.6) is 0 Å². The highest BCUT2D eigenvalue weighted by Crippen LogP contribution is 2.34. The summed E-state index contributed by atoms with van der Waals surface area (Å²) in [4.78, 5) is 13.4. The fourth-order valence-electron chi connectivity index (χ4n) is 2.95. The number of aryl methyl sites for hydroxylation is 1. The molecular formula is C18H29ClN2OS. The molecule has 1 aliphatic carbocycles. The molecule has 0 saturated heterocycles. The summed E-state index contributed by atoms with van der Waals surface area (Å²) in [6.45, 7) is 8.65. The number of anilines is 1. The van der Waals surface area contributed by atoms with Gasteiger partial charge in [-0.2, -0.15) is 0 Å². The molecule has 0 unspecified atom stereocenters. The van der Waals surface area contributed by atoms with E-state index in [9.17, 15) is 4.79 Å². The van der Waals surface area contributed by atoms with Crippen molar-refractivity contribution in [3.05, 3.63) is 23.8 Å². The molecule has 1 amide bonds. The monoisotopic (exact) mass is 356 g/mol. The number of carbonyl (C=O) groups is 1. The molecule has 0 bridgehead atoms. The Morgan fingerprint density at radius 1 is 1.35 bits per heavy atom. The van der Waals surface area contributed by atoms with Crippen molar-refractivity contribution in [2.24, 2.45) is 11.7 Å². The molecule has 2 rings (SSSR count). The fraction of sp³-hybridized carbons (Fsp3) is 0.611. The maximum absolute atomic E-state index is 12.2. The fourth-order valence-corrected chi connectivity index (χ4v) is 4.03. The molecule has 0 radical (unpaired) electrons. The first-order valence-corrected chi connectivity index (χ1v) is 8.91. The van der Waals surface area contributed by atoms with Gasteiger partial charge >= 0.3 is 0 Å². The van der Waals surface area contributed by atoms with Crippen molar-refractivity contribution >= 4 is 35.8 Å². The maximum atomic E-state index is 12.2. The summed E-state index contributed by atoms with van der Waals surface area (Å²) >= 11 is 1.84. The average Bonchev–Trinajstić information content (AvgIpc) is 2.76. The lowest BCUT2D eigenvalue weighted by atomic mass is 10.00. The van der Waals surface area contributed by atoms with Gasteiger partial charge in [0.1, 0.15) is 0 Å². The number of halogens is 1. The molecule has 3 nitrogen and oxygen atoms in total. The van der Waals surface area contributed by atoms with Gasteiger partial charge in [0.25, 0.3) is 0 Å². The Morgan fingerprint density at radius 2 is 2.04 bits per heavy atom. The van der Waals surface area contributed by atoms with E-state index in [0.29, 0.717) is 12.3 Å². The highest BCUT2D eigenvalue weighted by atomic mass is 35.5. The van der Waals surface area contributed by atoms with Gasteiger partial charge in [-0.25, -0.2) is 0 Å². The number of thioether (sulfide) groups is 1. The second kappa shape index (κ2) is 8.41. The first kappa shape index (κ1) is 20.3. The predicted molar refractivity (Wildman–Crippen MR) is 103 cm³/mol. The third-order valence-corrected chi connectivity index (χ3v) is 5.16. The Hall–Kier alpha value is -0.710. The summed E-state index contributed by atoms with van der Waals surface area (Å²) in [5.41, 5.74) is 8.07. The van der Waals surface area contributed by atoms with E-state index in [1.165, 1.54) is 4.90 Å². The standard InChI is InChI=1S/C18H28N2OS.ClH/c1-12-10-14(22-18(2,3)4)8-9-16(12)20-17(21)11-13-6-5-7-15(13)19;/h8-10,13,15H,5-7,11,19H2,1-4H3,(H,20,21);1H/t13-,15+;/m0./s1. The van der Waals surface area contributed by atoms with Crippen molar-refractivity contribution in [3.8, 4) is 0 Å². The minimum Gasteiger partial charge on any atom is -0.327 e. The zero-order chi connectivity index (χ0) is 16.3. The van der Waals surface area contributed by atoms with Crippen LogP contribution in [0.4, 0.5) is 5.69 Å². The third-order valence-electron chi connectivity index (χ3n) is 4.06. The van der Waals surface area contributed by atoms with Crippen LogP contribution in [0.2, 0.25) is 0 Å². The number of carbonyl (C=O) groups excluding carboxylic acids is 1. The Balaban J connectivity index is 0.00000264. The first-order valence-electron chi connectivity index (χ1n) is 8.10. The van der Waals surface area contributed by atoms with Crippen molar-refractivity contribution in [1.82, 2.24) is 0 Å². The van der Waals surface area contributed by atoms with Crippen LogP contribution in [0.25, 0.3) is 0 Å². The van der Waals surface area contributed by atoms with Crippen LogP contribution in [0.1, 0.15) is 52.0 Å². The van der Waals surface area contributed by atoms with Crippen molar-refractivity contribution in [2.45, 2.75) is 69.1 Å². The molecule has 1 saturated carbocycles. The minimum absolute atomic E-state index is 0. The second-order valence-corrected chi connectivity index (χ2v) is 9.20. The smallest absolute Gasteiger partial charge is 0.224 e. The largest absolute Gasteiger partial charge is 0.327 e. The zero-order valence-electron chi connectivity index (χ0n) is 14.5. The number of amides is 1. The molecule has 2 atom stereocenters. The van der Waals surface area contributed by atoms with E-state index in [2.05, 4.69) is 38.2 Å². The van der Waals surface area contributed by atoms with E-state index < -0.39 is 0 Å². The van der Waals surface area contributed by atoms with Crippen LogP contribution in [-0.2, 0) is 4.79 Å². The van der Waals surface area contributed by atoms with E-state index in [1.807, 2.05) is 24.8 Å². The van der Waals surface area contributed by atoms with Gasteiger partial charge in [-0.3, -0.25) is 4.79 Å². The number of hydrogen-bond acceptors (Lipinski definition) is 3. The third kappa shape index (κ3) is 6.36. The molecule has 1 aromatic rings. The summed E-state index contributed by atoms with van der Waals surface area (Å²) in [7, 11) is 0.